The van der Waals surface area contributed by atoms with E-state index in [0.29, 0.717) is 18.1 Å². The number of ether oxygens (including phenoxy) is 2. The molecule has 7 heteroatoms. The van der Waals surface area contributed by atoms with Gasteiger partial charge >= 0.3 is 0 Å². The fourth-order valence-electron chi connectivity index (χ4n) is 2.18. The number of hydrogen-bond acceptors (Lipinski definition) is 6. The van der Waals surface area contributed by atoms with Gasteiger partial charge in [-0.1, -0.05) is 11.2 Å². The van der Waals surface area contributed by atoms with Crippen molar-refractivity contribution in [3.05, 3.63) is 35.6 Å². The SMILES string of the molecule is COc1ccc(CN(C)CC(=O)Nc2cc(C)on2)c(OC)c1. The van der Waals surface area contributed by atoms with Crippen molar-refractivity contribution in [2.45, 2.75) is 13.5 Å². The average Bonchev–Trinajstić information content (AvgIpc) is 2.92. The molecule has 0 atom stereocenters. The molecule has 1 heterocycles. The normalized spacial score (nSPS) is 10.7. The lowest BCUT2D eigenvalue weighted by Gasteiger charge is -2.18. The highest BCUT2D eigenvalue weighted by atomic mass is 16.5. The number of aromatic nitrogens is 1. The van der Waals surface area contributed by atoms with Gasteiger partial charge in [-0.25, -0.2) is 0 Å². The predicted molar refractivity (Wildman–Crippen MR) is 85.7 cm³/mol. The molecule has 0 fully saturated rings. The molecule has 0 aliphatic heterocycles. The van der Waals surface area contributed by atoms with Crippen LogP contribution in [0.1, 0.15) is 11.3 Å². The van der Waals surface area contributed by atoms with E-state index in [-0.39, 0.29) is 12.5 Å². The minimum absolute atomic E-state index is 0.159. The summed E-state index contributed by atoms with van der Waals surface area (Å²) in [7, 11) is 5.08. The van der Waals surface area contributed by atoms with Crippen LogP contribution in [-0.4, -0.2) is 43.8 Å². The van der Waals surface area contributed by atoms with Gasteiger partial charge in [-0.3, -0.25) is 9.69 Å². The van der Waals surface area contributed by atoms with Gasteiger partial charge in [0.2, 0.25) is 5.91 Å². The van der Waals surface area contributed by atoms with Crippen molar-refractivity contribution >= 4 is 11.7 Å². The van der Waals surface area contributed by atoms with Crippen molar-refractivity contribution in [3.8, 4) is 11.5 Å². The third kappa shape index (κ3) is 4.72. The van der Waals surface area contributed by atoms with Gasteiger partial charge in [0.15, 0.2) is 5.82 Å². The van der Waals surface area contributed by atoms with E-state index in [4.69, 9.17) is 14.0 Å². The standard InChI is InChI=1S/C16H21N3O4/c1-11-7-15(18-23-11)17-16(20)10-19(2)9-12-5-6-13(21-3)8-14(12)22-4/h5-8H,9-10H2,1-4H3,(H,17,18,20). The molecule has 1 aromatic heterocycles. The zero-order valence-electron chi connectivity index (χ0n) is 13.8. The number of likely N-dealkylation sites (N-methyl/N-ethyl adjacent to an activating group) is 1. The van der Waals surface area contributed by atoms with Gasteiger partial charge in [0.1, 0.15) is 17.3 Å². The summed E-state index contributed by atoms with van der Waals surface area (Å²) in [6.45, 7) is 2.56. The first-order valence-electron chi connectivity index (χ1n) is 7.14. The fourth-order valence-corrected chi connectivity index (χ4v) is 2.18. The van der Waals surface area contributed by atoms with Crippen LogP contribution < -0.4 is 14.8 Å². The molecular formula is C16H21N3O4. The average molecular weight is 319 g/mol. The maximum Gasteiger partial charge on any atom is 0.239 e. The van der Waals surface area contributed by atoms with Gasteiger partial charge in [0.25, 0.3) is 0 Å². The van der Waals surface area contributed by atoms with Gasteiger partial charge in [0, 0.05) is 24.2 Å². The van der Waals surface area contributed by atoms with Gasteiger partial charge in [-0.2, -0.15) is 0 Å². The summed E-state index contributed by atoms with van der Waals surface area (Å²) in [6.07, 6.45) is 0. The molecule has 2 rings (SSSR count). The maximum atomic E-state index is 12.0. The van der Waals surface area contributed by atoms with Gasteiger partial charge in [0.05, 0.1) is 20.8 Å². The molecule has 0 radical (unpaired) electrons. The van der Waals surface area contributed by atoms with Crippen LogP contribution in [0.25, 0.3) is 0 Å². The van der Waals surface area contributed by atoms with Crippen molar-refractivity contribution in [2.75, 3.05) is 33.1 Å². The minimum Gasteiger partial charge on any atom is -0.497 e. The van der Waals surface area contributed by atoms with Crippen LogP contribution in [0, 0.1) is 6.92 Å². The predicted octanol–water partition coefficient (Wildman–Crippen LogP) is 2.07. The van der Waals surface area contributed by atoms with Crippen molar-refractivity contribution in [1.82, 2.24) is 10.1 Å². The molecule has 0 aliphatic rings. The molecule has 0 saturated heterocycles. The van der Waals surface area contributed by atoms with Gasteiger partial charge < -0.3 is 19.3 Å². The zero-order valence-corrected chi connectivity index (χ0v) is 13.8. The molecule has 1 amide bonds. The van der Waals surface area contributed by atoms with Crippen LogP contribution in [-0.2, 0) is 11.3 Å². The number of amides is 1. The molecule has 0 spiro atoms. The molecule has 2 aromatic rings. The number of nitrogens with one attached hydrogen (secondary N) is 1. The van der Waals surface area contributed by atoms with Crippen molar-refractivity contribution in [3.63, 3.8) is 0 Å². The molecule has 0 aliphatic carbocycles. The molecule has 23 heavy (non-hydrogen) atoms. The Kier molecular flexibility index (Phi) is 5.59. The molecule has 1 aromatic carbocycles. The quantitative estimate of drug-likeness (QED) is 0.842. The Morgan fingerprint density at radius 1 is 1.30 bits per heavy atom. The molecule has 1 N–H and O–H groups in total. The Morgan fingerprint density at radius 2 is 2.09 bits per heavy atom. The summed E-state index contributed by atoms with van der Waals surface area (Å²) >= 11 is 0. The largest absolute Gasteiger partial charge is 0.497 e. The highest BCUT2D eigenvalue weighted by molar-refractivity contribution is 5.91. The first kappa shape index (κ1) is 16.8. The first-order valence-corrected chi connectivity index (χ1v) is 7.14. The lowest BCUT2D eigenvalue weighted by atomic mass is 10.2. The van der Waals surface area contributed by atoms with E-state index in [1.54, 1.807) is 27.2 Å². The lowest BCUT2D eigenvalue weighted by Crippen LogP contribution is -2.30. The van der Waals surface area contributed by atoms with Crippen molar-refractivity contribution in [2.24, 2.45) is 0 Å². The van der Waals surface area contributed by atoms with Crippen molar-refractivity contribution < 1.29 is 18.8 Å². The van der Waals surface area contributed by atoms with Gasteiger partial charge in [-0.05, 0) is 20.0 Å². The van der Waals surface area contributed by atoms with E-state index in [2.05, 4.69) is 10.5 Å². The number of methoxy groups -OCH3 is 2. The zero-order chi connectivity index (χ0) is 16.8. The maximum absolute atomic E-state index is 12.0. The monoisotopic (exact) mass is 319 g/mol. The number of carbonyl (C=O) groups excluding carboxylic acids is 1. The number of hydrogen-bond donors (Lipinski definition) is 1. The molecule has 0 unspecified atom stereocenters. The number of anilines is 1. The third-order valence-corrected chi connectivity index (χ3v) is 3.24. The summed E-state index contributed by atoms with van der Waals surface area (Å²) in [4.78, 5) is 13.9. The van der Waals surface area contributed by atoms with E-state index in [1.165, 1.54) is 0 Å². The number of benzene rings is 1. The summed E-state index contributed by atoms with van der Waals surface area (Å²) in [5.74, 6) is 2.36. The molecular weight excluding hydrogens is 298 g/mol. The number of rotatable bonds is 7. The number of carbonyl (C=O) groups is 1. The summed E-state index contributed by atoms with van der Waals surface area (Å²) in [6, 6.07) is 7.28. The van der Waals surface area contributed by atoms with Crippen LogP contribution in [0.4, 0.5) is 5.82 Å². The molecule has 124 valence electrons. The topological polar surface area (TPSA) is 76.8 Å². The Hall–Kier alpha value is -2.54. The second-order valence-corrected chi connectivity index (χ2v) is 5.22. The molecule has 0 saturated carbocycles. The number of aryl methyl sites for hydroxylation is 1. The summed E-state index contributed by atoms with van der Waals surface area (Å²) in [5, 5.41) is 6.42. The lowest BCUT2D eigenvalue weighted by molar-refractivity contribution is -0.117. The smallest absolute Gasteiger partial charge is 0.239 e. The van der Waals surface area contributed by atoms with Crippen LogP contribution in [0.15, 0.2) is 28.8 Å². The second-order valence-electron chi connectivity index (χ2n) is 5.22. The van der Waals surface area contributed by atoms with Crippen LogP contribution >= 0.6 is 0 Å². The summed E-state index contributed by atoms with van der Waals surface area (Å²) < 4.78 is 15.4. The van der Waals surface area contributed by atoms with Gasteiger partial charge in [-0.15, -0.1) is 0 Å². The Balaban J connectivity index is 1.93. The summed E-state index contributed by atoms with van der Waals surface area (Å²) in [5.41, 5.74) is 0.973. The van der Waals surface area contributed by atoms with E-state index >= 15 is 0 Å². The second kappa shape index (κ2) is 7.64. The molecule has 0 bridgehead atoms. The highest BCUT2D eigenvalue weighted by Gasteiger charge is 2.12. The molecule has 7 nitrogen and oxygen atoms in total. The van der Waals surface area contributed by atoms with Crippen LogP contribution in [0.3, 0.4) is 0 Å². The minimum atomic E-state index is -0.159. The van der Waals surface area contributed by atoms with E-state index in [1.807, 2.05) is 30.1 Å². The fraction of sp³-hybridized carbons (Fsp3) is 0.375. The third-order valence-electron chi connectivity index (χ3n) is 3.24. The van der Waals surface area contributed by atoms with E-state index in [0.717, 1.165) is 17.1 Å². The van der Waals surface area contributed by atoms with Crippen molar-refractivity contribution in [1.29, 1.82) is 0 Å². The Labute approximate surface area is 135 Å². The Morgan fingerprint density at radius 3 is 2.70 bits per heavy atom. The number of nitrogens with zero attached hydrogens (tertiary/aromatic N) is 2. The van der Waals surface area contributed by atoms with E-state index < -0.39 is 0 Å². The highest BCUT2D eigenvalue weighted by Crippen LogP contribution is 2.25. The Bertz CT molecular complexity index is 669. The van der Waals surface area contributed by atoms with E-state index in [9.17, 15) is 4.79 Å². The first-order chi connectivity index (χ1) is 11.0. The van der Waals surface area contributed by atoms with Crippen LogP contribution in [0.2, 0.25) is 0 Å². The van der Waals surface area contributed by atoms with Crippen LogP contribution in [0.5, 0.6) is 11.5 Å².